The van der Waals surface area contributed by atoms with E-state index in [4.69, 9.17) is 11.2 Å². The lowest BCUT2D eigenvalue weighted by atomic mass is 9.79. The summed E-state index contributed by atoms with van der Waals surface area (Å²) in [6.07, 6.45) is 8.16. The van der Waals surface area contributed by atoms with E-state index in [1.165, 1.54) is 10.6 Å². The summed E-state index contributed by atoms with van der Waals surface area (Å²) in [7, 11) is 0. The van der Waals surface area contributed by atoms with Crippen LogP contribution in [0.3, 0.4) is 0 Å². The van der Waals surface area contributed by atoms with Crippen LogP contribution in [0, 0.1) is 12.3 Å². The maximum absolute atomic E-state index is 12.5. The van der Waals surface area contributed by atoms with Crippen LogP contribution in [0.4, 0.5) is 4.79 Å². The Labute approximate surface area is 167 Å². The van der Waals surface area contributed by atoms with Gasteiger partial charge in [-0.2, -0.15) is 5.06 Å². The highest BCUT2D eigenvalue weighted by Crippen LogP contribution is 2.37. The fourth-order valence-corrected chi connectivity index (χ4v) is 4.71. The molecule has 1 aromatic rings. The second-order valence-corrected chi connectivity index (χ2v) is 9.11. The average molecular weight is 386 g/mol. The van der Waals surface area contributed by atoms with E-state index in [0.717, 1.165) is 18.4 Å². The van der Waals surface area contributed by atoms with Gasteiger partial charge in [-0.05, 0) is 76.6 Å². The van der Waals surface area contributed by atoms with Crippen molar-refractivity contribution in [2.24, 2.45) is 0 Å². The molecular weight excluding hydrogens is 354 g/mol. The predicted octanol–water partition coefficient (Wildman–Crippen LogP) is 3.40. The molecule has 28 heavy (non-hydrogen) atoms. The number of nitrogens with one attached hydrogen (secondary N) is 2. The van der Waals surface area contributed by atoms with E-state index in [1.54, 1.807) is 0 Å². The van der Waals surface area contributed by atoms with E-state index < -0.39 is 17.2 Å². The number of hydrogen-bond donors (Lipinski definition) is 3. The van der Waals surface area contributed by atoms with Gasteiger partial charge in [0.25, 0.3) is 0 Å². The number of terminal acetylenes is 1. The first-order valence-corrected chi connectivity index (χ1v) is 9.89. The normalized spacial score (nSPS) is 23.6. The number of rotatable bonds is 4. The molecule has 2 aliphatic rings. The highest BCUT2D eigenvalue weighted by molar-refractivity contribution is 5.71. The van der Waals surface area contributed by atoms with Crippen molar-refractivity contribution in [2.45, 2.75) is 76.5 Å². The van der Waals surface area contributed by atoms with Crippen molar-refractivity contribution in [1.82, 2.24) is 15.7 Å². The van der Waals surface area contributed by atoms with E-state index in [0.29, 0.717) is 25.1 Å². The summed E-state index contributed by atoms with van der Waals surface area (Å²) in [5.41, 5.74) is 1.56. The number of amides is 1. The summed E-state index contributed by atoms with van der Waals surface area (Å²) >= 11 is 0. The maximum Gasteiger partial charge on any atom is 0.412 e. The zero-order valence-corrected chi connectivity index (χ0v) is 17.2. The molecule has 0 radical (unpaired) electrons. The van der Waals surface area contributed by atoms with Gasteiger partial charge in [0.15, 0.2) is 0 Å². The smallest absolute Gasteiger partial charge is 0.410 e. The summed E-state index contributed by atoms with van der Waals surface area (Å²) in [6, 6.07) is 5.92. The van der Waals surface area contributed by atoms with Crippen molar-refractivity contribution in [1.29, 1.82) is 0 Å². The molecule has 1 aliphatic carbocycles. The number of hydrogen-bond acceptors (Lipinski definition) is 5. The third-order valence-corrected chi connectivity index (χ3v) is 5.82. The lowest BCUT2D eigenvalue weighted by Gasteiger charge is -2.51. The average Bonchev–Trinajstić information content (AvgIpc) is 2.99. The Balaban J connectivity index is 1.64. The molecule has 152 valence electrons. The predicted molar refractivity (Wildman–Crippen MR) is 108 cm³/mol. The van der Waals surface area contributed by atoms with E-state index in [1.807, 2.05) is 45.9 Å². The Morgan fingerprint density at radius 2 is 2.00 bits per heavy atom. The third-order valence-electron chi connectivity index (χ3n) is 5.82. The summed E-state index contributed by atoms with van der Waals surface area (Å²) in [4.78, 5) is 12.5. The second kappa shape index (κ2) is 7.75. The summed E-state index contributed by atoms with van der Waals surface area (Å²) < 4.78 is 5.56. The molecule has 0 aromatic heterocycles. The Hall–Kier alpha value is -2.07. The monoisotopic (exact) mass is 385 g/mol. The lowest BCUT2D eigenvalue weighted by molar-refractivity contribution is -0.245. The number of carbonyl (C=O) groups excluding carboxylic acids is 1. The summed E-state index contributed by atoms with van der Waals surface area (Å²) in [5.74, 6) is 3.14. The molecule has 1 fully saturated rings. The van der Waals surface area contributed by atoms with Gasteiger partial charge in [0.1, 0.15) is 5.75 Å². The van der Waals surface area contributed by atoms with Gasteiger partial charge in [0.2, 0.25) is 0 Å². The van der Waals surface area contributed by atoms with Crippen LogP contribution in [0.2, 0.25) is 0 Å². The van der Waals surface area contributed by atoms with Crippen LogP contribution in [0.1, 0.15) is 64.1 Å². The van der Waals surface area contributed by atoms with Crippen molar-refractivity contribution >= 4 is 6.09 Å². The molecule has 1 aromatic carbocycles. The molecule has 0 spiro atoms. The maximum atomic E-state index is 12.5. The van der Waals surface area contributed by atoms with E-state index in [-0.39, 0.29) is 12.1 Å². The molecule has 1 atom stereocenters. The van der Waals surface area contributed by atoms with E-state index >= 15 is 0 Å². The number of fused-ring (bicyclic) bond motifs is 1. The first kappa shape index (κ1) is 20.7. The van der Waals surface area contributed by atoms with Crippen LogP contribution in [0.5, 0.6) is 5.75 Å². The van der Waals surface area contributed by atoms with Crippen LogP contribution in [-0.2, 0) is 6.42 Å². The highest BCUT2D eigenvalue weighted by atomic mass is 16.6. The number of aryl methyl sites for hydroxylation is 1. The molecule has 6 nitrogen and oxygen atoms in total. The van der Waals surface area contributed by atoms with Crippen molar-refractivity contribution in [2.75, 3.05) is 6.54 Å². The highest BCUT2D eigenvalue weighted by Gasteiger charge is 2.45. The fourth-order valence-electron chi connectivity index (χ4n) is 4.71. The molecule has 3 rings (SSSR count). The quantitative estimate of drug-likeness (QED) is 0.693. The first-order chi connectivity index (χ1) is 13.1. The van der Waals surface area contributed by atoms with Crippen molar-refractivity contribution in [3.8, 4) is 18.1 Å². The minimum Gasteiger partial charge on any atom is -0.410 e. The number of hydroxylamine groups is 2. The molecule has 0 saturated carbocycles. The van der Waals surface area contributed by atoms with Crippen LogP contribution >= 0.6 is 0 Å². The lowest BCUT2D eigenvalue weighted by Crippen LogP contribution is -2.63. The minimum atomic E-state index is -0.464. The van der Waals surface area contributed by atoms with Crippen LogP contribution in [0.25, 0.3) is 0 Å². The van der Waals surface area contributed by atoms with Gasteiger partial charge in [-0.15, -0.1) is 6.42 Å². The van der Waals surface area contributed by atoms with Crippen LogP contribution in [-0.4, -0.2) is 40.0 Å². The van der Waals surface area contributed by atoms with Gasteiger partial charge in [0.05, 0.1) is 6.54 Å². The zero-order valence-electron chi connectivity index (χ0n) is 17.2. The molecule has 1 aliphatic heterocycles. The summed E-state index contributed by atoms with van der Waals surface area (Å²) in [5, 5.41) is 18.1. The number of nitrogens with zero attached hydrogens (tertiary/aromatic N) is 1. The number of carbonyl (C=O) groups is 1. The SMILES string of the molecule is C#CCNC1CCc2ccc(OC(=O)NC3CC(C)(C)N(O)C(C)(C)C3)cc21. The van der Waals surface area contributed by atoms with Gasteiger partial charge in [-0.1, -0.05) is 12.0 Å². The zero-order chi connectivity index (χ0) is 20.5. The first-order valence-electron chi connectivity index (χ1n) is 9.89. The third kappa shape index (κ3) is 4.33. The van der Waals surface area contributed by atoms with Gasteiger partial charge in [-0.25, -0.2) is 4.79 Å². The van der Waals surface area contributed by atoms with Crippen LogP contribution < -0.4 is 15.4 Å². The topological polar surface area (TPSA) is 73.8 Å². The minimum absolute atomic E-state index is 0.0691. The molecule has 1 saturated heterocycles. The Morgan fingerprint density at radius 3 is 2.64 bits per heavy atom. The number of piperidine rings is 1. The fraction of sp³-hybridized carbons (Fsp3) is 0.591. The van der Waals surface area contributed by atoms with Gasteiger partial charge in [-0.3, -0.25) is 5.32 Å². The van der Waals surface area contributed by atoms with Crippen molar-refractivity contribution < 1.29 is 14.7 Å². The molecule has 3 N–H and O–H groups in total. The number of benzene rings is 1. The van der Waals surface area contributed by atoms with Gasteiger partial charge >= 0.3 is 6.09 Å². The molecule has 1 amide bonds. The molecule has 1 heterocycles. The number of ether oxygens (including phenoxy) is 1. The molecule has 1 unspecified atom stereocenters. The van der Waals surface area contributed by atoms with E-state index in [2.05, 4.69) is 16.6 Å². The van der Waals surface area contributed by atoms with Crippen LogP contribution in [0.15, 0.2) is 18.2 Å². The van der Waals surface area contributed by atoms with Gasteiger partial charge in [0, 0.05) is 23.2 Å². The van der Waals surface area contributed by atoms with Crippen molar-refractivity contribution in [3.05, 3.63) is 29.3 Å². The Bertz CT molecular complexity index is 764. The molecule has 6 heteroatoms. The Kier molecular flexibility index (Phi) is 5.72. The Morgan fingerprint density at radius 1 is 1.32 bits per heavy atom. The van der Waals surface area contributed by atoms with Gasteiger partial charge < -0.3 is 15.3 Å². The van der Waals surface area contributed by atoms with Crippen molar-refractivity contribution in [3.63, 3.8) is 0 Å². The standard InChI is InChI=1S/C22H31N3O3/c1-6-11-23-19-10-8-15-7-9-17(12-18(15)19)28-20(26)24-16-13-21(2,3)25(27)22(4,5)14-16/h1,7,9,12,16,19,23,27H,8,10-11,13-14H2,2-5H3,(H,24,26). The largest absolute Gasteiger partial charge is 0.412 e. The van der Waals surface area contributed by atoms with E-state index in [9.17, 15) is 10.0 Å². The second-order valence-electron chi connectivity index (χ2n) is 9.11. The molecule has 0 bridgehead atoms. The summed E-state index contributed by atoms with van der Waals surface area (Å²) in [6.45, 7) is 8.40. The molecular formula is C22H31N3O3.